The summed E-state index contributed by atoms with van der Waals surface area (Å²) in [6.45, 7) is 8.05. The lowest BCUT2D eigenvalue weighted by molar-refractivity contribution is -0.148. The highest BCUT2D eigenvalue weighted by atomic mass is 16.5. The largest absolute Gasteiger partial charge is 0.465 e. The third kappa shape index (κ3) is 8.94. The minimum atomic E-state index is -1.07. The molecule has 0 heterocycles. The summed E-state index contributed by atoms with van der Waals surface area (Å²) in [5.74, 6) is -3.38. The lowest BCUT2D eigenvalue weighted by atomic mass is 9.99. The summed E-state index contributed by atoms with van der Waals surface area (Å²) in [5.41, 5.74) is 0. The number of nitrogens with zero attached hydrogens (tertiary/aromatic N) is 4. The number of nitriles is 2. The van der Waals surface area contributed by atoms with Crippen LogP contribution in [0.25, 0.3) is 0 Å². The lowest BCUT2D eigenvalue weighted by Crippen LogP contribution is -2.29. The van der Waals surface area contributed by atoms with Crippen molar-refractivity contribution in [2.75, 3.05) is 13.2 Å². The van der Waals surface area contributed by atoms with Gasteiger partial charge in [0.15, 0.2) is 11.8 Å². The molecule has 8 nitrogen and oxygen atoms in total. The van der Waals surface area contributed by atoms with E-state index in [1.165, 1.54) is 0 Å². The van der Waals surface area contributed by atoms with Crippen LogP contribution in [0.15, 0.2) is 10.2 Å². The van der Waals surface area contributed by atoms with E-state index in [2.05, 4.69) is 10.2 Å². The number of ether oxygens (including phenoxy) is 2. The first-order valence-electron chi connectivity index (χ1n) is 10.0. The molecule has 0 radical (unpaired) electrons. The Balaban J connectivity index is 5.14. The van der Waals surface area contributed by atoms with Crippen molar-refractivity contribution in [2.45, 2.75) is 78.3 Å². The molecule has 0 saturated heterocycles. The standard InChI is InChI=1S/C20H32N4O4/c1-5-9-11-27-19(25)15(13-21)17(7-3)23-24-18(8-4)16(14-22)20(26)28-12-10-6-2/h15-18H,5-12H2,1-4H3. The van der Waals surface area contributed by atoms with E-state index >= 15 is 0 Å². The molecule has 0 aliphatic heterocycles. The average molecular weight is 393 g/mol. The van der Waals surface area contributed by atoms with Crippen LogP contribution in [0.1, 0.15) is 66.2 Å². The Bertz CT molecular complexity index is 530. The third-order valence-electron chi connectivity index (χ3n) is 4.24. The Morgan fingerprint density at radius 2 is 1.14 bits per heavy atom. The Labute approximate surface area is 167 Å². The van der Waals surface area contributed by atoms with Crippen molar-refractivity contribution in [3.8, 4) is 12.1 Å². The summed E-state index contributed by atoms with van der Waals surface area (Å²) in [4.78, 5) is 24.3. The van der Waals surface area contributed by atoms with Crippen LogP contribution >= 0.6 is 0 Å². The molecule has 0 amide bonds. The number of carbonyl (C=O) groups excluding carboxylic acids is 2. The van der Waals surface area contributed by atoms with E-state index in [-0.39, 0.29) is 13.2 Å². The fourth-order valence-corrected chi connectivity index (χ4v) is 2.34. The summed E-state index contributed by atoms with van der Waals surface area (Å²) in [6.07, 6.45) is 4.01. The maximum absolute atomic E-state index is 12.1. The van der Waals surface area contributed by atoms with Gasteiger partial charge in [-0.05, 0) is 25.7 Å². The molecule has 0 aliphatic carbocycles. The first kappa shape index (κ1) is 25.5. The maximum Gasteiger partial charge on any atom is 0.325 e. The van der Waals surface area contributed by atoms with E-state index in [4.69, 9.17) is 9.47 Å². The molecule has 28 heavy (non-hydrogen) atoms. The van der Waals surface area contributed by atoms with Gasteiger partial charge in [-0.25, -0.2) is 0 Å². The number of esters is 2. The molecule has 0 aromatic carbocycles. The van der Waals surface area contributed by atoms with Crippen molar-refractivity contribution in [3.05, 3.63) is 0 Å². The number of azo groups is 1. The minimum absolute atomic E-state index is 0.263. The topological polar surface area (TPSA) is 125 Å². The molecule has 4 unspecified atom stereocenters. The van der Waals surface area contributed by atoms with Crippen LogP contribution in [-0.2, 0) is 19.1 Å². The molecule has 156 valence electrons. The van der Waals surface area contributed by atoms with Crippen LogP contribution in [0, 0.1) is 34.5 Å². The van der Waals surface area contributed by atoms with Gasteiger partial charge in [-0.1, -0.05) is 40.5 Å². The molecular formula is C20H32N4O4. The quantitative estimate of drug-likeness (QED) is 0.250. The van der Waals surface area contributed by atoms with Crippen molar-refractivity contribution < 1.29 is 19.1 Å². The zero-order chi connectivity index (χ0) is 21.4. The zero-order valence-corrected chi connectivity index (χ0v) is 17.4. The number of carbonyl (C=O) groups is 2. The molecule has 0 aliphatic rings. The van der Waals surface area contributed by atoms with Crippen molar-refractivity contribution in [1.29, 1.82) is 10.5 Å². The molecular weight excluding hydrogens is 360 g/mol. The highest BCUT2D eigenvalue weighted by molar-refractivity contribution is 5.76. The molecule has 0 spiro atoms. The van der Waals surface area contributed by atoms with Crippen molar-refractivity contribution in [2.24, 2.45) is 22.1 Å². The van der Waals surface area contributed by atoms with Gasteiger partial charge in [0.05, 0.1) is 37.4 Å². The summed E-state index contributed by atoms with van der Waals surface area (Å²) >= 11 is 0. The van der Waals surface area contributed by atoms with E-state index in [0.29, 0.717) is 12.8 Å². The monoisotopic (exact) mass is 392 g/mol. The highest BCUT2D eigenvalue weighted by Gasteiger charge is 2.31. The van der Waals surface area contributed by atoms with E-state index in [9.17, 15) is 20.1 Å². The van der Waals surface area contributed by atoms with Crippen molar-refractivity contribution in [1.82, 2.24) is 0 Å². The van der Waals surface area contributed by atoms with Crippen LogP contribution in [0.4, 0.5) is 0 Å². The second-order valence-corrected chi connectivity index (χ2v) is 6.44. The van der Waals surface area contributed by atoms with Gasteiger partial charge in [-0.15, -0.1) is 0 Å². The molecule has 0 rings (SSSR count). The van der Waals surface area contributed by atoms with E-state index in [1.54, 1.807) is 13.8 Å². The van der Waals surface area contributed by atoms with Crippen LogP contribution < -0.4 is 0 Å². The van der Waals surface area contributed by atoms with Gasteiger partial charge in [0.25, 0.3) is 0 Å². The van der Waals surface area contributed by atoms with Crippen molar-refractivity contribution >= 4 is 11.9 Å². The molecule has 0 saturated carbocycles. The predicted octanol–water partition coefficient (Wildman–Crippen LogP) is 3.96. The van der Waals surface area contributed by atoms with E-state index in [1.807, 2.05) is 26.0 Å². The second kappa shape index (κ2) is 15.6. The van der Waals surface area contributed by atoms with Gasteiger partial charge in [0.1, 0.15) is 0 Å². The molecule has 4 atom stereocenters. The van der Waals surface area contributed by atoms with E-state index in [0.717, 1.165) is 25.7 Å². The normalized spacial score (nSPS) is 15.1. The number of rotatable bonds is 14. The van der Waals surface area contributed by atoms with Crippen molar-refractivity contribution in [3.63, 3.8) is 0 Å². The number of unbranched alkanes of at least 4 members (excludes halogenated alkanes) is 2. The van der Waals surface area contributed by atoms with Crippen LogP contribution in [-0.4, -0.2) is 37.2 Å². The third-order valence-corrected chi connectivity index (χ3v) is 4.24. The SMILES string of the molecule is CCCCOC(=O)C(C#N)C(CC)N=NC(CC)C(C#N)C(=O)OCCCC. The summed E-state index contributed by atoms with van der Waals surface area (Å²) in [5, 5.41) is 27.0. The predicted molar refractivity (Wildman–Crippen MR) is 103 cm³/mol. The molecule has 0 N–H and O–H groups in total. The van der Waals surface area contributed by atoms with Gasteiger partial charge in [0, 0.05) is 0 Å². The highest BCUT2D eigenvalue weighted by Crippen LogP contribution is 2.19. The van der Waals surface area contributed by atoms with Crippen LogP contribution in [0.3, 0.4) is 0 Å². The molecule has 8 heteroatoms. The lowest BCUT2D eigenvalue weighted by Gasteiger charge is -2.18. The smallest absolute Gasteiger partial charge is 0.325 e. The van der Waals surface area contributed by atoms with Gasteiger partial charge in [-0.2, -0.15) is 20.8 Å². The summed E-state index contributed by atoms with van der Waals surface area (Å²) in [7, 11) is 0. The van der Waals surface area contributed by atoms with Crippen LogP contribution in [0.2, 0.25) is 0 Å². The van der Waals surface area contributed by atoms with E-state index < -0.39 is 35.9 Å². The van der Waals surface area contributed by atoms with Crippen LogP contribution in [0.5, 0.6) is 0 Å². The summed E-state index contributed by atoms with van der Waals surface area (Å²) < 4.78 is 10.2. The molecule has 0 aromatic rings. The molecule has 0 bridgehead atoms. The Morgan fingerprint density at radius 1 is 0.786 bits per heavy atom. The van der Waals surface area contributed by atoms with Gasteiger partial charge >= 0.3 is 11.9 Å². The average Bonchev–Trinajstić information content (AvgIpc) is 2.70. The number of hydrogen-bond donors (Lipinski definition) is 0. The zero-order valence-electron chi connectivity index (χ0n) is 17.4. The Morgan fingerprint density at radius 3 is 1.39 bits per heavy atom. The minimum Gasteiger partial charge on any atom is -0.465 e. The maximum atomic E-state index is 12.1. The Hall–Kier alpha value is -2.48. The Kier molecular flexibility index (Phi) is 14.2. The fourth-order valence-electron chi connectivity index (χ4n) is 2.34. The molecule has 0 aromatic heterocycles. The first-order valence-corrected chi connectivity index (χ1v) is 10.0. The second-order valence-electron chi connectivity index (χ2n) is 6.44. The van der Waals surface area contributed by atoms with Gasteiger partial charge in [-0.3, -0.25) is 9.59 Å². The molecule has 0 fully saturated rings. The van der Waals surface area contributed by atoms with Gasteiger partial charge < -0.3 is 9.47 Å². The fraction of sp³-hybridized carbons (Fsp3) is 0.800. The first-order chi connectivity index (χ1) is 13.5. The summed E-state index contributed by atoms with van der Waals surface area (Å²) in [6, 6.07) is 2.49. The van der Waals surface area contributed by atoms with Gasteiger partial charge in [0.2, 0.25) is 0 Å². The number of hydrogen-bond acceptors (Lipinski definition) is 8.